The first-order chi connectivity index (χ1) is 8.75. The molecule has 94 valence electrons. The van der Waals surface area contributed by atoms with Crippen LogP contribution in [0.3, 0.4) is 0 Å². The van der Waals surface area contributed by atoms with E-state index < -0.39 is 0 Å². The van der Waals surface area contributed by atoms with E-state index in [2.05, 4.69) is 22.4 Å². The molecule has 3 rings (SSSR count). The molecule has 1 amide bonds. The number of fused-ring (bicyclic) bond motifs is 1. The van der Waals surface area contributed by atoms with E-state index in [1.54, 1.807) is 23.0 Å². The number of hydrogen-bond acceptors (Lipinski definition) is 4. The molecule has 0 bridgehead atoms. The van der Waals surface area contributed by atoms with Gasteiger partial charge in [-0.25, -0.2) is 0 Å². The van der Waals surface area contributed by atoms with Crippen molar-refractivity contribution in [1.29, 1.82) is 0 Å². The van der Waals surface area contributed by atoms with E-state index in [1.165, 1.54) is 0 Å². The summed E-state index contributed by atoms with van der Waals surface area (Å²) in [5, 5.41) is 11.0. The number of carbonyl (C=O) groups is 1. The van der Waals surface area contributed by atoms with Crippen molar-refractivity contribution in [2.24, 2.45) is 0 Å². The fourth-order valence-electron chi connectivity index (χ4n) is 2.26. The number of aromatic nitrogens is 3. The Labute approximate surface area is 105 Å². The topological polar surface area (TPSA) is 62.5 Å². The van der Waals surface area contributed by atoms with E-state index in [9.17, 15) is 4.79 Å². The first kappa shape index (κ1) is 11.2. The SMILES string of the molecule is C[C@H]1CNCCN1C(=O)c1ccc2nncn2c1. The van der Waals surface area contributed by atoms with Crippen molar-refractivity contribution < 1.29 is 4.79 Å². The zero-order chi connectivity index (χ0) is 12.5. The van der Waals surface area contributed by atoms with Gasteiger partial charge in [-0.2, -0.15) is 0 Å². The third-order valence-electron chi connectivity index (χ3n) is 3.30. The van der Waals surface area contributed by atoms with E-state index in [4.69, 9.17) is 0 Å². The molecule has 1 atom stereocenters. The van der Waals surface area contributed by atoms with Crippen molar-refractivity contribution >= 4 is 11.6 Å². The Hall–Kier alpha value is -1.95. The van der Waals surface area contributed by atoms with Gasteiger partial charge in [-0.3, -0.25) is 9.20 Å². The Morgan fingerprint density at radius 1 is 1.50 bits per heavy atom. The Bertz CT molecular complexity index is 579. The number of nitrogens with zero attached hydrogens (tertiary/aromatic N) is 4. The zero-order valence-electron chi connectivity index (χ0n) is 10.2. The number of amides is 1. The maximum Gasteiger partial charge on any atom is 0.255 e. The Morgan fingerprint density at radius 3 is 3.22 bits per heavy atom. The zero-order valence-corrected chi connectivity index (χ0v) is 10.2. The van der Waals surface area contributed by atoms with Gasteiger partial charge in [0.05, 0.1) is 5.56 Å². The molecule has 0 aromatic carbocycles. The summed E-state index contributed by atoms with van der Waals surface area (Å²) in [6, 6.07) is 3.84. The lowest BCUT2D eigenvalue weighted by molar-refractivity contribution is 0.0655. The summed E-state index contributed by atoms with van der Waals surface area (Å²) in [7, 11) is 0. The highest BCUT2D eigenvalue weighted by molar-refractivity contribution is 5.94. The van der Waals surface area contributed by atoms with E-state index in [1.807, 2.05) is 11.0 Å². The van der Waals surface area contributed by atoms with Gasteiger partial charge >= 0.3 is 0 Å². The van der Waals surface area contributed by atoms with Crippen LogP contribution < -0.4 is 5.32 Å². The predicted molar refractivity (Wildman–Crippen MR) is 66.4 cm³/mol. The van der Waals surface area contributed by atoms with Crippen LogP contribution in [0.1, 0.15) is 17.3 Å². The van der Waals surface area contributed by atoms with Gasteiger partial charge in [0.15, 0.2) is 5.65 Å². The van der Waals surface area contributed by atoms with Crippen LogP contribution in [0.4, 0.5) is 0 Å². The predicted octanol–water partition coefficient (Wildman–Crippen LogP) is 0.163. The summed E-state index contributed by atoms with van der Waals surface area (Å²) >= 11 is 0. The highest BCUT2D eigenvalue weighted by Gasteiger charge is 2.24. The number of nitrogens with one attached hydrogen (secondary N) is 1. The number of carbonyl (C=O) groups excluding carboxylic acids is 1. The Kier molecular flexibility index (Phi) is 2.71. The average Bonchev–Trinajstić information content (AvgIpc) is 2.85. The molecule has 0 saturated carbocycles. The minimum Gasteiger partial charge on any atom is -0.333 e. The average molecular weight is 245 g/mol. The molecule has 6 nitrogen and oxygen atoms in total. The third kappa shape index (κ3) is 1.84. The van der Waals surface area contributed by atoms with Crippen LogP contribution in [0, 0.1) is 0 Å². The lowest BCUT2D eigenvalue weighted by atomic mass is 10.1. The molecular formula is C12H15N5O. The standard InChI is InChI=1S/C12H15N5O/c1-9-6-13-4-5-17(9)12(18)10-2-3-11-15-14-8-16(11)7-10/h2-3,7-9,13H,4-6H2,1H3/t9-/m0/s1. The van der Waals surface area contributed by atoms with Crippen molar-refractivity contribution in [3.8, 4) is 0 Å². The molecular weight excluding hydrogens is 230 g/mol. The highest BCUT2D eigenvalue weighted by atomic mass is 16.2. The van der Waals surface area contributed by atoms with E-state index in [0.29, 0.717) is 5.56 Å². The summed E-state index contributed by atoms with van der Waals surface area (Å²) in [6.07, 6.45) is 3.39. The van der Waals surface area contributed by atoms with Crippen LogP contribution >= 0.6 is 0 Å². The molecule has 0 spiro atoms. The highest BCUT2D eigenvalue weighted by Crippen LogP contribution is 2.11. The van der Waals surface area contributed by atoms with Crippen molar-refractivity contribution in [3.05, 3.63) is 30.2 Å². The first-order valence-electron chi connectivity index (χ1n) is 6.07. The summed E-state index contributed by atoms with van der Waals surface area (Å²) in [5.41, 5.74) is 1.43. The van der Waals surface area contributed by atoms with E-state index in [-0.39, 0.29) is 11.9 Å². The van der Waals surface area contributed by atoms with Gasteiger partial charge in [0.1, 0.15) is 6.33 Å². The summed E-state index contributed by atoms with van der Waals surface area (Å²) in [5.74, 6) is 0.0691. The van der Waals surface area contributed by atoms with E-state index >= 15 is 0 Å². The molecule has 0 aliphatic carbocycles. The number of hydrogen-bond donors (Lipinski definition) is 1. The van der Waals surface area contributed by atoms with Crippen LogP contribution in [-0.2, 0) is 0 Å². The lowest BCUT2D eigenvalue weighted by Gasteiger charge is -2.34. The van der Waals surface area contributed by atoms with Crippen LogP contribution in [0.2, 0.25) is 0 Å². The van der Waals surface area contributed by atoms with E-state index in [0.717, 1.165) is 25.3 Å². The summed E-state index contributed by atoms with van der Waals surface area (Å²) < 4.78 is 1.76. The van der Waals surface area contributed by atoms with Gasteiger partial charge in [-0.05, 0) is 19.1 Å². The first-order valence-corrected chi connectivity index (χ1v) is 6.07. The number of piperazine rings is 1. The Balaban J connectivity index is 1.90. The number of rotatable bonds is 1. The molecule has 2 aromatic heterocycles. The minimum absolute atomic E-state index is 0.0691. The fraction of sp³-hybridized carbons (Fsp3) is 0.417. The van der Waals surface area contributed by atoms with Gasteiger partial charge in [-0.15, -0.1) is 10.2 Å². The summed E-state index contributed by atoms with van der Waals surface area (Å²) in [4.78, 5) is 14.3. The second-order valence-electron chi connectivity index (χ2n) is 4.57. The largest absolute Gasteiger partial charge is 0.333 e. The molecule has 2 aromatic rings. The molecule has 1 aliphatic rings. The molecule has 18 heavy (non-hydrogen) atoms. The molecule has 1 N–H and O–H groups in total. The smallest absolute Gasteiger partial charge is 0.255 e. The maximum absolute atomic E-state index is 12.4. The molecule has 1 aliphatic heterocycles. The van der Waals surface area contributed by atoms with Gasteiger partial charge in [0.25, 0.3) is 5.91 Å². The quantitative estimate of drug-likeness (QED) is 0.777. The number of pyridine rings is 1. The van der Waals surface area contributed by atoms with Gasteiger partial charge in [-0.1, -0.05) is 0 Å². The van der Waals surface area contributed by atoms with Crippen LogP contribution in [0.25, 0.3) is 5.65 Å². The second kappa shape index (κ2) is 4.38. The van der Waals surface area contributed by atoms with Gasteiger partial charge in [0.2, 0.25) is 0 Å². The Morgan fingerprint density at radius 2 is 2.39 bits per heavy atom. The molecule has 6 heteroatoms. The van der Waals surface area contributed by atoms with Crippen LogP contribution in [0.5, 0.6) is 0 Å². The fourth-order valence-corrected chi connectivity index (χ4v) is 2.26. The van der Waals surface area contributed by atoms with Crippen molar-refractivity contribution in [3.63, 3.8) is 0 Å². The van der Waals surface area contributed by atoms with Crippen molar-refractivity contribution in [1.82, 2.24) is 24.8 Å². The van der Waals surface area contributed by atoms with Gasteiger partial charge in [0, 0.05) is 31.9 Å². The second-order valence-corrected chi connectivity index (χ2v) is 4.57. The van der Waals surface area contributed by atoms with Crippen LogP contribution in [-0.4, -0.2) is 51.1 Å². The minimum atomic E-state index is 0.0691. The third-order valence-corrected chi connectivity index (χ3v) is 3.30. The van der Waals surface area contributed by atoms with Crippen LogP contribution in [0.15, 0.2) is 24.7 Å². The molecule has 1 saturated heterocycles. The maximum atomic E-state index is 12.4. The molecule has 3 heterocycles. The normalized spacial score (nSPS) is 20.3. The van der Waals surface area contributed by atoms with Gasteiger partial charge < -0.3 is 10.2 Å². The molecule has 1 fully saturated rings. The monoisotopic (exact) mass is 245 g/mol. The van der Waals surface area contributed by atoms with Crippen molar-refractivity contribution in [2.45, 2.75) is 13.0 Å². The summed E-state index contributed by atoms with van der Waals surface area (Å²) in [6.45, 7) is 4.51. The molecule has 0 unspecified atom stereocenters. The molecule has 0 radical (unpaired) electrons. The van der Waals surface area contributed by atoms with Crippen molar-refractivity contribution in [2.75, 3.05) is 19.6 Å². The lowest BCUT2D eigenvalue weighted by Crippen LogP contribution is -2.52.